The lowest BCUT2D eigenvalue weighted by molar-refractivity contribution is -0.119. The summed E-state index contributed by atoms with van der Waals surface area (Å²) in [5.74, 6) is 0.421. The van der Waals surface area contributed by atoms with Crippen LogP contribution in [0.4, 0.5) is 0 Å². The number of amides is 1. The van der Waals surface area contributed by atoms with Gasteiger partial charge in [-0.3, -0.25) is 4.79 Å². The molecular weight excluding hydrogens is 189 g/mol. The Morgan fingerprint density at radius 2 is 2.25 bits per heavy atom. The van der Waals surface area contributed by atoms with Crippen LogP contribution in [0.5, 0.6) is 0 Å². The van der Waals surface area contributed by atoms with Gasteiger partial charge in [0.1, 0.15) is 4.32 Å². The van der Waals surface area contributed by atoms with Crippen molar-refractivity contribution in [2.24, 2.45) is 5.92 Å². The van der Waals surface area contributed by atoms with E-state index in [1.54, 1.807) is 7.98 Å². The topological polar surface area (TPSA) is 20.3 Å². The van der Waals surface area contributed by atoms with Crippen molar-refractivity contribution in [1.29, 1.82) is 0 Å². The van der Waals surface area contributed by atoms with Crippen LogP contribution >= 0.6 is 24.0 Å². The molecule has 0 aromatic carbocycles. The Balaban J connectivity index is 2.85. The first kappa shape index (κ1) is 9.80. The fraction of sp³-hybridized carbons (Fsp3) is 0.429. The van der Waals surface area contributed by atoms with E-state index in [9.17, 15) is 4.79 Å². The van der Waals surface area contributed by atoms with Crippen molar-refractivity contribution < 1.29 is 4.79 Å². The molecule has 0 unspecified atom stereocenters. The van der Waals surface area contributed by atoms with Gasteiger partial charge in [0.25, 0.3) is 5.91 Å². The highest BCUT2D eigenvalue weighted by Crippen LogP contribution is 2.30. The Bertz CT molecular complexity index is 262. The number of carbonyl (C=O) groups excluding carboxylic acids is 1. The predicted octanol–water partition coefficient (Wildman–Crippen LogP) is 0.935. The molecule has 1 rings (SSSR count). The smallest absolute Gasteiger partial charge is 0.253 e. The van der Waals surface area contributed by atoms with E-state index in [-0.39, 0.29) is 5.91 Å². The summed E-state index contributed by atoms with van der Waals surface area (Å²) in [6, 6.07) is 0. The van der Waals surface area contributed by atoms with E-state index in [1.807, 2.05) is 19.9 Å². The average molecular weight is 199 g/mol. The van der Waals surface area contributed by atoms with Gasteiger partial charge in [0.2, 0.25) is 7.98 Å². The molecule has 0 aliphatic carbocycles. The maximum absolute atomic E-state index is 11.4. The quantitative estimate of drug-likeness (QED) is 0.356. The summed E-state index contributed by atoms with van der Waals surface area (Å²) in [6.07, 6.45) is 1.95. The van der Waals surface area contributed by atoms with Crippen molar-refractivity contribution in [1.82, 2.24) is 4.81 Å². The van der Waals surface area contributed by atoms with Crippen LogP contribution in [-0.2, 0) is 4.79 Å². The minimum absolute atomic E-state index is 0.0266. The number of thioether (sulfide) groups is 1. The molecule has 0 N–H and O–H groups in total. The predicted molar refractivity (Wildman–Crippen MR) is 58.5 cm³/mol. The zero-order chi connectivity index (χ0) is 9.30. The minimum atomic E-state index is 0.0266. The Morgan fingerprint density at radius 1 is 1.67 bits per heavy atom. The van der Waals surface area contributed by atoms with E-state index in [1.165, 1.54) is 16.6 Å². The van der Waals surface area contributed by atoms with Crippen molar-refractivity contribution in [3.05, 3.63) is 11.0 Å². The Morgan fingerprint density at radius 3 is 2.58 bits per heavy atom. The molecule has 0 radical (unpaired) electrons. The summed E-state index contributed by atoms with van der Waals surface area (Å²) in [5, 5.41) is 0. The highest BCUT2D eigenvalue weighted by atomic mass is 32.2. The van der Waals surface area contributed by atoms with Crippen molar-refractivity contribution >= 4 is 42.2 Å². The molecule has 1 fully saturated rings. The number of thiocarbonyl (C=S) groups is 1. The van der Waals surface area contributed by atoms with E-state index in [4.69, 9.17) is 12.2 Å². The van der Waals surface area contributed by atoms with Crippen molar-refractivity contribution in [3.8, 4) is 0 Å². The van der Waals surface area contributed by atoms with Crippen molar-refractivity contribution in [2.75, 3.05) is 0 Å². The van der Waals surface area contributed by atoms with E-state index in [0.29, 0.717) is 10.2 Å². The summed E-state index contributed by atoms with van der Waals surface area (Å²) in [7, 11) is 1.71. The summed E-state index contributed by atoms with van der Waals surface area (Å²) >= 11 is 6.35. The molecule has 1 saturated heterocycles. The number of carbonyl (C=O) groups is 1. The van der Waals surface area contributed by atoms with Crippen molar-refractivity contribution in [3.63, 3.8) is 0 Å². The van der Waals surface area contributed by atoms with Gasteiger partial charge in [-0.25, -0.2) is 0 Å². The second kappa shape index (κ2) is 3.62. The maximum Gasteiger partial charge on any atom is 0.253 e. The third kappa shape index (κ3) is 1.90. The number of hydrogen-bond donors (Lipinski definition) is 0. The Hall–Kier alpha value is -0.285. The molecule has 1 aliphatic heterocycles. The van der Waals surface area contributed by atoms with E-state index >= 15 is 0 Å². The standard InChI is InChI=1S/C7H10BNOS2/c1-4(2)3-5-6(10)9(8)7(11)12-5/h3-4H,8H2,1-2H3/b5-3+. The number of allylic oxidation sites excluding steroid dienone is 1. The zero-order valence-corrected chi connectivity index (χ0v) is 8.96. The molecular formula is C7H10BNOS2. The molecule has 2 nitrogen and oxygen atoms in total. The SMILES string of the molecule is BN1C(=O)/C(=C\C(C)C)SC1=S. The third-order valence-electron chi connectivity index (χ3n) is 1.47. The number of nitrogens with zero attached hydrogens (tertiary/aromatic N) is 1. The normalized spacial score (nSPS) is 21.6. The number of hydrogen-bond acceptors (Lipinski definition) is 3. The lowest BCUT2D eigenvalue weighted by Gasteiger charge is -2.04. The molecule has 1 amide bonds. The van der Waals surface area contributed by atoms with Crippen LogP contribution in [0.15, 0.2) is 11.0 Å². The molecule has 0 atom stereocenters. The Labute approximate surface area is 82.8 Å². The maximum atomic E-state index is 11.4. The van der Waals surface area contributed by atoms with E-state index < -0.39 is 0 Å². The first-order valence-electron chi connectivity index (χ1n) is 3.74. The molecule has 0 spiro atoms. The molecule has 0 saturated carbocycles. The van der Waals surface area contributed by atoms with E-state index in [2.05, 4.69) is 0 Å². The van der Waals surface area contributed by atoms with Gasteiger partial charge in [-0.15, -0.1) is 0 Å². The van der Waals surface area contributed by atoms with Gasteiger partial charge in [0.05, 0.1) is 4.91 Å². The van der Waals surface area contributed by atoms with Gasteiger partial charge in [-0.1, -0.05) is 43.9 Å². The first-order valence-corrected chi connectivity index (χ1v) is 4.96. The third-order valence-corrected chi connectivity index (χ3v) is 2.97. The molecule has 0 aromatic heterocycles. The van der Waals surface area contributed by atoms with Crippen molar-refractivity contribution in [2.45, 2.75) is 13.8 Å². The van der Waals surface area contributed by atoms with Crippen LogP contribution in [0.25, 0.3) is 0 Å². The molecule has 64 valence electrons. The summed E-state index contributed by atoms with van der Waals surface area (Å²) in [6.45, 7) is 4.09. The van der Waals surface area contributed by atoms with Crippen LogP contribution < -0.4 is 0 Å². The van der Waals surface area contributed by atoms with Gasteiger partial charge in [-0.2, -0.15) is 0 Å². The highest BCUT2D eigenvalue weighted by Gasteiger charge is 2.27. The molecule has 1 aliphatic rings. The van der Waals surface area contributed by atoms with Gasteiger partial charge in [0, 0.05) is 0 Å². The molecule has 12 heavy (non-hydrogen) atoms. The summed E-state index contributed by atoms with van der Waals surface area (Å²) < 4.78 is 0.645. The fourth-order valence-electron chi connectivity index (χ4n) is 0.862. The highest BCUT2D eigenvalue weighted by molar-refractivity contribution is 8.26. The fourth-order valence-corrected chi connectivity index (χ4v) is 2.19. The van der Waals surface area contributed by atoms with Gasteiger partial charge in [0.15, 0.2) is 0 Å². The molecule has 0 aromatic rings. The van der Waals surface area contributed by atoms with Gasteiger partial charge < -0.3 is 4.81 Å². The molecule has 1 heterocycles. The zero-order valence-electron chi connectivity index (χ0n) is 7.33. The van der Waals surface area contributed by atoms with Crippen LogP contribution in [-0.4, -0.2) is 23.0 Å². The lowest BCUT2D eigenvalue weighted by Crippen LogP contribution is -2.24. The summed E-state index contributed by atoms with van der Waals surface area (Å²) in [4.78, 5) is 13.7. The van der Waals surface area contributed by atoms with Gasteiger partial charge >= 0.3 is 0 Å². The summed E-state index contributed by atoms with van der Waals surface area (Å²) in [5.41, 5.74) is 0. The monoisotopic (exact) mass is 199 g/mol. The largest absolute Gasteiger partial charge is 0.346 e. The molecule has 0 bridgehead atoms. The minimum Gasteiger partial charge on any atom is -0.346 e. The average Bonchev–Trinajstić information content (AvgIpc) is 2.17. The van der Waals surface area contributed by atoms with Crippen LogP contribution in [0.3, 0.4) is 0 Å². The van der Waals surface area contributed by atoms with Crippen LogP contribution in [0.2, 0.25) is 0 Å². The second-order valence-electron chi connectivity index (χ2n) is 3.01. The lowest BCUT2D eigenvalue weighted by atomic mass is 10.2. The molecule has 5 heteroatoms. The number of rotatable bonds is 1. The second-order valence-corrected chi connectivity index (χ2v) is 4.68. The Kier molecular flexibility index (Phi) is 2.96. The van der Waals surface area contributed by atoms with Crippen LogP contribution in [0.1, 0.15) is 13.8 Å². The first-order chi connectivity index (χ1) is 5.52. The van der Waals surface area contributed by atoms with Crippen LogP contribution in [0, 0.1) is 5.92 Å². The van der Waals surface area contributed by atoms with Gasteiger partial charge in [-0.05, 0) is 5.92 Å². The van der Waals surface area contributed by atoms with E-state index in [0.717, 1.165) is 4.91 Å².